The highest BCUT2D eigenvalue weighted by molar-refractivity contribution is 6.38. The number of ether oxygens (including phenoxy) is 2. The number of amides is 1. The van der Waals surface area contributed by atoms with Crippen LogP contribution in [0.5, 0.6) is 0 Å². The minimum absolute atomic E-state index is 0.0126. The molecule has 128 valence electrons. The topological polar surface area (TPSA) is 43.7 Å². The second-order valence-electron chi connectivity index (χ2n) is 6.50. The van der Waals surface area contributed by atoms with Crippen LogP contribution < -0.4 is 0 Å². The number of nitrogens with zero attached hydrogens (tertiary/aromatic N) is 2. The van der Waals surface area contributed by atoms with E-state index in [1.807, 2.05) is 40.8 Å². The molecule has 1 amide bonds. The highest BCUT2D eigenvalue weighted by Crippen LogP contribution is 2.32. The summed E-state index contributed by atoms with van der Waals surface area (Å²) in [4.78, 5) is 15.0. The van der Waals surface area contributed by atoms with E-state index in [9.17, 15) is 4.79 Å². The SMILES string of the molecule is Cn1c(C(=O)N2CCCC(C3OCCO3)C2)c(Cl)c2ccccc21. The molecule has 6 heteroatoms. The number of aryl methyl sites for hydroxylation is 1. The third-order valence-corrected chi connectivity index (χ3v) is 5.41. The molecule has 1 aromatic carbocycles. The molecule has 24 heavy (non-hydrogen) atoms. The summed E-state index contributed by atoms with van der Waals surface area (Å²) in [5, 5.41) is 1.45. The molecule has 2 fully saturated rings. The third-order valence-electron chi connectivity index (χ3n) is 5.03. The molecular formula is C18H21ClN2O3. The number of aromatic nitrogens is 1. The van der Waals surface area contributed by atoms with Crippen molar-refractivity contribution < 1.29 is 14.3 Å². The average molecular weight is 349 g/mol. The van der Waals surface area contributed by atoms with Gasteiger partial charge in [-0.25, -0.2) is 0 Å². The minimum Gasteiger partial charge on any atom is -0.350 e. The lowest BCUT2D eigenvalue weighted by molar-refractivity contribution is -0.0969. The summed E-state index contributed by atoms with van der Waals surface area (Å²) >= 11 is 6.52. The van der Waals surface area contributed by atoms with E-state index in [1.54, 1.807) is 0 Å². The zero-order valence-corrected chi connectivity index (χ0v) is 14.5. The third kappa shape index (κ3) is 2.61. The first-order chi connectivity index (χ1) is 11.7. The van der Waals surface area contributed by atoms with E-state index in [4.69, 9.17) is 21.1 Å². The average Bonchev–Trinajstić information content (AvgIpc) is 3.23. The van der Waals surface area contributed by atoms with Crippen LogP contribution in [0.3, 0.4) is 0 Å². The molecule has 0 aliphatic carbocycles. The summed E-state index contributed by atoms with van der Waals surface area (Å²) in [6.45, 7) is 2.69. The van der Waals surface area contributed by atoms with Gasteiger partial charge in [-0.2, -0.15) is 0 Å². The van der Waals surface area contributed by atoms with Crippen molar-refractivity contribution in [1.29, 1.82) is 0 Å². The first kappa shape index (κ1) is 15.9. The van der Waals surface area contributed by atoms with Crippen LogP contribution in [-0.4, -0.2) is 48.0 Å². The van der Waals surface area contributed by atoms with Crippen LogP contribution in [-0.2, 0) is 16.5 Å². The Bertz CT molecular complexity index is 728. The van der Waals surface area contributed by atoms with Crippen LogP contribution in [0, 0.1) is 5.92 Å². The molecule has 4 rings (SSSR count). The molecule has 0 bridgehead atoms. The van der Waals surface area contributed by atoms with E-state index < -0.39 is 0 Å². The Morgan fingerprint density at radius 1 is 1.25 bits per heavy atom. The summed E-state index contributed by atoms with van der Waals surface area (Å²) in [5.41, 5.74) is 1.54. The van der Waals surface area contributed by atoms with Crippen LogP contribution in [0.25, 0.3) is 10.9 Å². The Labute approximate surface area is 146 Å². The Morgan fingerprint density at radius 2 is 2.00 bits per heavy atom. The molecule has 2 aliphatic rings. The molecular weight excluding hydrogens is 328 g/mol. The van der Waals surface area contributed by atoms with E-state index >= 15 is 0 Å². The molecule has 0 spiro atoms. The first-order valence-corrected chi connectivity index (χ1v) is 8.80. The van der Waals surface area contributed by atoms with Crippen molar-refractivity contribution in [2.75, 3.05) is 26.3 Å². The maximum atomic E-state index is 13.1. The number of fused-ring (bicyclic) bond motifs is 1. The largest absolute Gasteiger partial charge is 0.350 e. The quantitative estimate of drug-likeness (QED) is 0.837. The van der Waals surface area contributed by atoms with Crippen molar-refractivity contribution in [2.45, 2.75) is 19.1 Å². The van der Waals surface area contributed by atoms with Gasteiger partial charge in [0.05, 0.1) is 18.2 Å². The lowest BCUT2D eigenvalue weighted by Gasteiger charge is -2.34. The maximum Gasteiger partial charge on any atom is 0.272 e. The van der Waals surface area contributed by atoms with Crippen LogP contribution in [0.4, 0.5) is 0 Å². The molecule has 3 heterocycles. The van der Waals surface area contributed by atoms with Gasteiger partial charge in [-0.05, 0) is 18.9 Å². The van der Waals surface area contributed by atoms with Gasteiger partial charge >= 0.3 is 0 Å². The number of benzene rings is 1. The highest BCUT2D eigenvalue weighted by Gasteiger charge is 2.34. The van der Waals surface area contributed by atoms with E-state index in [0.717, 1.165) is 30.3 Å². The molecule has 0 N–H and O–H groups in total. The molecule has 1 atom stereocenters. The number of carbonyl (C=O) groups is 1. The number of halogens is 1. The number of carbonyl (C=O) groups excluding carboxylic acids is 1. The van der Waals surface area contributed by atoms with Crippen molar-refractivity contribution in [3.63, 3.8) is 0 Å². The molecule has 0 radical (unpaired) electrons. The molecule has 2 aliphatic heterocycles. The van der Waals surface area contributed by atoms with Gasteiger partial charge in [0.15, 0.2) is 6.29 Å². The van der Waals surface area contributed by atoms with Gasteiger partial charge in [-0.15, -0.1) is 0 Å². The number of para-hydroxylation sites is 1. The normalized spacial score (nSPS) is 22.4. The highest BCUT2D eigenvalue weighted by atomic mass is 35.5. The van der Waals surface area contributed by atoms with Crippen LogP contribution in [0.15, 0.2) is 24.3 Å². The summed E-state index contributed by atoms with van der Waals surface area (Å²) in [6.07, 6.45) is 1.81. The van der Waals surface area contributed by atoms with Crippen molar-refractivity contribution in [2.24, 2.45) is 13.0 Å². The van der Waals surface area contributed by atoms with Gasteiger partial charge in [0.1, 0.15) is 5.69 Å². The lowest BCUT2D eigenvalue weighted by atomic mass is 9.97. The summed E-state index contributed by atoms with van der Waals surface area (Å²) in [5.74, 6) is 0.222. The van der Waals surface area contributed by atoms with Crippen molar-refractivity contribution in [1.82, 2.24) is 9.47 Å². The predicted molar refractivity (Wildman–Crippen MR) is 92.2 cm³/mol. The van der Waals surface area contributed by atoms with Gasteiger partial charge in [0.25, 0.3) is 5.91 Å². The second kappa shape index (κ2) is 6.39. The molecule has 1 aromatic heterocycles. The van der Waals surface area contributed by atoms with E-state index in [1.165, 1.54) is 0 Å². The summed E-state index contributed by atoms with van der Waals surface area (Å²) < 4.78 is 13.2. The Hall–Kier alpha value is -1.56. The predicted octanol–water partition coefficient (Wildman–Crippen LogP) is 3.06. The maximum absolute atomic E-state index is 13.1. The fraction of sp³-hybridized carbons (Fsp3) is 0.500. The molecule has 2 saturated heterocycles. The smallest absolute Gasteiger partial charge is 0.272 e. The Morgan fingerprint density at radius 3 is 2.75 bits per heavy atom. The van der Waals surface area contributed by atoms with E-state index in [2.05, 4.69) is 0 Å². The zero-order valence-electron chi connectivity index (χ0n) is 13.7. The van der Waals surface area contributed by atoms with Crippen LogP contribution in [0.2, 0.25) is 5.02 Å². The number of hydrogen-bond donors (Lipinski definition) is 0. The number of hydrogen-bond acceptors (Lipinski definition) is 3. The van der Waals surface area contributed by atoms with E-state index in [-0.39, 0.29) is 18.1 Å². The monoisotopic (exact) mass is 348 g/mol. The molecule has 1 unspecified atom stereocenters. The number of likely N-dealkylation sites (tertiary alicyclic amines) is 1. The second-order valence-corrected chi connectivity index (χ2v) is 6.88. The van der Waals surface area contributed by atoms with E-state index in [0.29, 0.717) is 30.5 Å². The van der Waals surface area contributed by atoms with Gasteiger partial charge in [0.2, 0.25) is 0 Å². The van der Waals surface area contributed by atoms with Crippen LogP contribution >= 0.6 is 11.6 Å². The zero-order chi connectivity index (χ0) is 16.7. The number of rotatable bonds is 2. The summed E-state index contributed by atoms with van der Waals surface area (Å²) in [7, 11) is 1.89. The first-order valence-electron chi connectivity index (χ1n) is 8.42. The van der Waals surface area contributed by atoms with Crippen molar-refractivity contribution in [3.05, 3.63) is 35.0 Å². The molecule has 5 nitrogen and oxygen atoms in total. The molecule has 0 saturated carbocycles. The molecule has 2 aromatic rings. The van der Waals surface area contributed by atoms with Crippen molar-refractivity contribution >= 4 is 28.4 Å². The van der Waals surface area contributed by atoms with Crippen LogP contribution in [0.1, 0.15) is 23.3 Å². The van der Waals surface area contributed by atoms with Crippen molar-refractivity contribution in [3.8, 4) is 0 Å². The fourth-order valence-electron chi connectivity index (χ4n) is 3.80. The standard InChI is InChI=1S/C18H21ClN2O3/c1-20-14-7-3-2-6-13(14)15(19)16(20)17(22)21-8-4-5-12(11-21)18-23-9-10-24-18/h2-3,6-7,12,18H,4-5,8-11H2,1H3. The Kier molecular flexibility index (Phi) is 4.24. The van der Waals surface area contributed by atoms with Gasteiger partial charge in [-0.3, -0.25) is 4.79 Å². The number of piperidine rings is 1. The minimum atomic E-state index is -0.177. The summed E-state index contributed by atoms with van der Waals surface area (Å²) in [6, 6.07) is 7.83. The Balaban J connectivity index is 1.61. The lowest BCUT2D eigenvalue weighted by Crippen LogP contribution is -2.44. The van der Waals surface area contributed by atoms with Gasteiger partial charge < -0.3 is 18.9 Å². The van der Waals surface area contributed by atoms with Gasteiger partial charge in [0, 0.05) is 37.0 Å². The fourth-order valence-corrected chi connectivity index (χ4v) is 4.17. The van der Waals surface area contributed by atoms with Gasteiger partial charge in [-0.1, -0.05) is 29.8 Å².